The van der Waals surface area contributed by atoms with Crippen LogP contribution in [-0.4, -0.2) is 55.5 Å². The molecule has 0 saturated heterocycles. The van der Waals surface area contributed by atoms with Gasteiger partial charge in [-0.1, -0.05) is 70.8 Å². The SMILES string of the molecule is CC.CCC.CN/C=C/C=C(\C=C/CCCCCCOCC(=O)O)[C@H]1C[C@]2(CC=O)C(OC(C)=O)CCC2[C@@H]2CCC3=CC(=O)CCC3=C21. The first-order valence-corrected chi connectivity index (χ1v) is 18.8. The Morgan fingerprint density at radius 3 is 2.47 bits per heavy atom. The fourth-order valence-corrected chi connectivity index (χ4v) is 8.35. The summed E-state index contributed by atoms with van der Waals surface area (Å²) in [6, 6.07) is 0. The van der Waals surface area contributed by atoms with Gasteiger partial charge in [0.05, 0.1) is 0 Å². The van der Waals surface area contributed by atoms with Crippen LogP contribution in [0.1, 0.15) is 125 Å². The molecule has 0 heterocycles. The molecule has 0 spiro atoms. The third kappa shape index (κ3) is 11.9. The number of ether oxygens (including phenoxy) is 2. The number of carboxylic acids is 1. The highest BCUT2D eigenvalue weighted by Gasteiger charge is 2.60. The molecule has 0 radical (unpaired) electrons. The van der Waals surface area contributed by atoms with Crippen LogP contribution in [0.2, 0.25) is 0 Å². The monoisotopic (exact) mass is 681 g/mol. The van der Waals surface area contributed by atoms with E-state index in [2.05, 4.69) is 37.4 Å². The van der Waals surface area contributed by atoms with Crippen LogP contribution < -0.4 is 5.32 Å². The van der Waals surface area contributed by atoms with Crippen molar-refractivity contribution < 1.29 is 33.8 Å². The summed E-state index contributed by atoms with van der Waals surface area (Å²) >= 11 is 0. The number of hydrogen-bond acceptors (Lipinski definition) is 7. The first-order chi connectivity index (χ1) is 23.7. The molecule has 4 aliphatic carbocycles. The molecule has 0 amide bonds. The van der Waals surface area contributed by atoms with Crippen LogP contribution in [0.25, 0.3) is 0 Å². The molecule has 0 aromatic rings. The van der Waals surface area contributed by atoms with Crippen molar-refractivity contribution in [2.45, 2.75) is 131 Å². The minimum atomic E-state index is -0.940. The minimum Gasteiger partial charge on any atom is -0.480 e. The summed E-state index contributed by atoms with van der Waals surface area (Å²) in [5, 5.41) is 11.8. The summed E-state index contributed by atoms with van der Waals surface area (Å²) in [4.78, 5) is 47.5. The molecule has 8 nitrogen and oxygen atoms in total. The number of carbonyl (C=O) groups is 4. The number of fused-ring (bicyclic) bond motifs is 4. The lowest BCUT2D eigenvalue weighted by atomic mass is 9.51. The Kier molecular flexibility index (Phi) is 19.2. The lowest BCUT2D eigenvalue weighted by Gasteiger charge is -2.53. The van der Waals surface area contributed by atoms with Gasteiger partial charge in [-0.05, 0) is 105 Å². The highest BCUT2D eigenvalue weighted by atomic mass is 16.5. The van der Waals surface area contributed by atoms with Crippen LogP contribution in [0.4, 0.5) is 0 Å². The van der Waals surface area contributed by atoms with E-state index in [1.54, 1.807) is 0 Å². The topological polar surface area (TPSA) is 119 Å². The van der Waals surface area contributed by atoms with Crippen molar-refractivity contribution in [2.24, 2.45) is 23.2 Å². The predicted molar refractivity (Wildman–Crippen MR) is 196 cm³/mol. The zero-order valence-electron chi connectivity index (χ0n) is 31.1. The van der Waals surface area contributed by atoms with Gasteiger partial charge < -0.3 is 24.7 Å². The van der Waals surface area contributed by atoms with Gasteiger partial charge >= 0.3 is 11.9 Å². The molecule has 2 N–H and O–H groups in total. The van der Waals surface area contributed by atoms with E-state index in [-0.39, 0.29) is 36.3 Å². The zero-order valence-corrected chi connectivity index (χ0v) is 31.1. The van der Waals surface area contributed by atoms with Crippen LogP contribution in [0.5, 0.6) is 0 Å². The summed E-state index contributed by atoms with van der Waals surface area (Å²) in [7, 11) is 1.87. The fourth-order valence-electron chi connectivity index (χ4n) is 8.35. The highest BCUT2D eigenvalue weighted by molar-refractivity contribution is 5.93. The second-order valence-electron chi connectivity index (χ2n) is 13.4. The summed E-state index contributed by atoms with van der Waals surface area (Å²) in [5.41, 5.74) is 4.77. The minimum absolute atomic E-state index is 0.0587. The van der Waals surface area contributed by atoms with Gasteiger partial charge in [0, 0.05) is 44.8 Å². The van der Waals surface area contributed by atoms with Crippen molar-refractivity contribution in [3.8, 4) is 0 Å². The number of rotatable bonds is 16. The zero-order chi connectivity index (χ0) is 36.2. The number of aldehydes is 1. The van der Waals surface area contributed by atoms with Gasteiger partial charge in [0.2, 0.25) is 0 Å². The van der Waals surface area contributed by atoms with E-state index in [4.69, 9.17) is 14.6 Å². The molecule has 8 heteroatoms. The Morgan fingerprint density at radius 2 is 1.80 bits per heavy atom. The summed E-state index contributed by atoms with van der Waals surface area (Å²) in [5.74, 6) is -0.395. The van der Waals surface area contributed by atoms with Crippen molar-refractivity contribution in [1.29, 1.82) is 0 Å². The van der Waals surface area contributed by atoms with Crippen LogP contribution in [0.15, 0.2) is 58.9 Å². The number of esters is 1. The molecule has 2 unspecified atom stereocenters. The Morgan fingerprint density at radius 1 is 1.06 bits per heavy atom. The number of carbonyl (C=O) groups excluding carboxylic acids is 3. The molecule has 0 aromatic heterocycles. The number of aliphatic carboxylic acids is 1. The van der Waals surface area contributed by atoms with Crippen molar-refractivity contribution in [2.75, 3.05) is 20.3 Å². The van der Waals surface area contributed by atoms with Gasteiger partial charge in [0.15, 0.2) is 5.78 Å². The molecule has 4 aliphatic rings. The molecular formula is C41H63NO7. The number of allylic oxidation sites excluding steroid dienone is 9. The highest BCUT2D eigenvalue weighted by Crippen LogP contribution is 2.64. The van der Waals surface area contributed by atoms with Gasteiger partial charge in [0.25, 0.3) is 0 Å². The van der Waals surface area contributed by atoms with Gasteiger partial charge in [-0.25, -0.2) is 4.79 Å². The summed E-state index contributed by atoms with van der Waals surface area (Å²) < 4.78 is 11.1. The van der Waals surface area contributed by atoms with E-state index < -0.39 is 11.4 Å². The van der Waals surface area contributed by atoms with E-state index in [0.29, 0.717) is 25.4 Å². The van der Waals surface area contributed by atoms with Crippen molar-refractivity contribution in [1.82, 2.24) is 5.32 Å². The first-order valence-electron chi connectivity index (χ1n) is 18.8. The maximum absolute atomic E-state index is 12.4. The standard InChI is InChI=1S/C36H49NO7.C3H8.C2H6/c1-25(39)44-33-17-16-32-30-14-12-27-22-28(40)13-15-29(27)35(30)31(23-36(32,33)18-20-38)26(11-9-19-37-2)10-7-5-3-4-6-8-21-43-24-34(41)42;1-3-2;1-2/h7,9-11,19-20,22,30-33,37H,3-6,8,12-18,21,23-24H2,1-2H3,(H,41,42);3H2,1-2H3;1-2H3/b10-7-,19-9+,26-11+;;/t30-,31+,32?,33?,36-;;/m0../s1. The lowest BCUT2D eigenvalue weighted by Crippen LogP contribution is -2.49. The second-order valence-corrected chi connectivity index (χ2v) is 13.4. The van der Waals surface area contributed by atoms with Crippen molar-refractivity contribution in [3.05, 3.63) is 58.9 Å². The molecule has 0 bridgehead atoms. The Bertz CT molecular complexity index is 1240. The molecule has 274 valence electrons. The molecule has 0 aliphatic heterocycles. The summed E-state index contributed by atoms with van der Waals surface area (Å²) in [6.07, 6.45) is 25.3. The first kappa shape index (κ1) is 41.9. The quantitative estimate of drug-likeness (QED) is 0.0719. The average Bonchev–Trinajstić information content (AvgIpc) is 3.42. The molecule has 0 aromatic carbocycles. The van der Waals surface area contributed by atoms with Crippen LogP contribution in [-0.2, 0) is 28.7 Å². The average molecular weight is 682 g/mol. The van der Waals surface area contributed by atoms with E-state index in [9.17, 15) is 19.2 Å². The van der Waals surface area contributed by atoms with Crippen LogP contribution >= 0.6 is 0 Å². The van der Waals surface area contributed by atoms with Crippen molar-refractivity contribution >= 4 is 24.0 Å². The Balaban J connectivity index is 0.00000158. The summed E-state index contributed by atoms with van der Waals surface area (Å²) in [6.45, 7) is 9.93. The number of nitrogens with one attached hydrogen (secondary N) is 1. The molecule has 4 rings (SSSR count). The third-order valence-electron chi connectivity index (χ3n) is 10.1. The number of carboxylic acid groups (broad SMARTS) is 1. The van der Waals surface area contributed by atoms with E-state index >= 15 is 0 Å². The smallest absolute Gasteiger partial charge is 0.329 e. The van der Waals surface area contributed by atoms with Crippen molar-refractivity contribution in [3.63, 3.8) is 0 Å². The Labute approximate surface area is 295 Å². The number of ketones is 1. The van der Waals surface area contributed by atoms with E-state index in [1.165, 1.54) is 35.6 Å². The van der Waals surface area contributed by atoms with Gasteiger partial charge in [-0.2, -0.15) is 0 Å². The van der Waals surface area contributed by atoms with E-state index in [1.807, 2.05) is 39.2 Å². The van der Waals surface area contributed by atoms with Gasteiger partial charge in [0.1, 0.15) is 19.0 Å². The van der Waals surface area contributed by atoms with Gasteiger partial charge in [-0.3, -0.25) is 9.59 Å². The molecule has 49 heavy (non-hydrogen) atoms. The number of hydrogen-bond donors (Lipinski definition) is 2. The normalized spacial score (nSPS) is 26.0. The van der Waals surface area contributed by atoms with Crippen LogP contribution in [0, 0.1) is 23.2 Å². The molecular weight excluding hydrogens is 618 g/mol. The number of unbranched alkanes of at least 4 members (excludes halogenated alkanes) is 4. The largest absolute Gasteiger partial charge is 0.480 e. The third-order valence-corrected chi connectivity index (χ3v) is 10.1. The molecule has 2 saturated carbocycles. The predicted octanol–water partition coefficient (Wildman–Crippen LogP) is 8.63. The second kappa shape index (κ2) is 22.5. The van der Waals surface area contributed by atoms with Crippen LogP contribution in [0.3, 0.4) is 0 Å². The molecule has 2 fully saturated rings. The van der Waals surface area contributed by atoms with E-state index in [0.717, 1.165) is 76.9 Å². The van der Waals surface area contributed by atoms with Gasteiger partial charge in [-0.15, -0.1) is 0 Å². The maximum Gasteiger partial charge on any atom is 0.329 e. The fraction of sp³-hybridized carbons (Fsp3) is 0.659. The molecule has 5 atom stereocenters. The lowest BCUT2D eigenvalue weighted by molar-refractivity contribution is -0.156. The maximum atomic E-state index is 12.4. The Hall–Kier alpha value is -3.26.